The molecule has 0 spiro atoms. The molecule has 0 unspecified atom stereocenters. The fraction of sp³-hybridized carbons (Fsp3) is 0.800. The minimum Gasteiger partial charge on any atom is -0.392 e. The Hall–Kier alpha value is -0.900. The fourth-order valence-corrected chi connectivity index (χ4v) is 2.97. The van der Waals surface area contributed by atoms with Gasteiger partial charge >= 0.3 is 0 Å². The van der Waals surface area contributed by atoms with E-state index in [9.17, 15) is 0 Å². The molecule has 0 amide bonds. The highest BCUT2D eigenvalue weighted by atomic mass is 16.5. The average Bonchev–Trinajstić information content (AvgIpc) is 2.66. The van der Waals surface area contributed by atoms with Crippen LogP contribution in [-0.2, 0) is 22.5 Å². The number of hydrogen-bond donors (Lipinski definition) is 1. The highest BCUT2D eigenvalue weighted by molar-refractivity contribution is 5.22. The SMILES string of the molecule is CC(C)(C)Cc1ccc(CO)cc1.CCCC(C)(C)C.CCCOCCOCCC(C)(C)C. The van der Waals surface area contributed by atoms with E-state index in [0.717, 1.165) is 51.3 Å². The zero-order valence-corrected chi connectivity index (χ0v) is 24.1. The number of rotatable bonds is 10. The third-order valence-corrected chi connectivity index (χ3v) is 4.66. The number of benzene rings is 1. The molecule has 0 bridgehead atoms. The van der Waals surface area contributed by atoms with E-state index >= 15 is 0 Å². The molecule has 0 saturated heterocycles. The molecule has 0 aliphatic rings. The van der Waals surface area contributed by atoms with E-state index < -0.39 is 0 Å². The standard InChI is InChI=1S/C12H18O.C11H24O2.C7H16/c1-12(2,3)8-10-4-6-11(9-13)7-5-10;1-5-7-12-9-10-13-8-6-11(2,3)4;1-5-6-7(2,3)4/h4-7,13H,8-9H2,1-3H3;5-10H2,1-4H3;5-6H2,1-4H3. The predicted octanol–water partition coefficient (Wildman–Crippen LogP) is 8.47. The van der Waals surface area contributed by atoms with Crippen molar-refractivity contribution in [3.63, 3.8) is 0 Å². The number of aliphatic hydroxyl groups excluding tert-OH is 1. The van der Waals surface area contributed by atoms with Gasteiger partial charge in [-0.1, -0.05) is 107 Å². The summed E-state index contributed by atoms with van der Waals surface area (Å²) < 4.78 is 10.7. The van der Waals surface area contributed by atoms with Gasteiger partial charge in [0.05, 0.1) is 19.8 Å². The first-order valence-corrected chi connectivity index (χ1v) is 13.0. The van der Waals surface area contributed by atoms with Gasteiger partial charge in [-0.2, -0.15) is 0 Å². The van der Waals surface area contributed by atoms with E-state index in [4.69, 9.17) is 14.6 Å². The van der Waals surface area contributed by atoms with Crippen LogP contribution >= 0.6 is 0 Å². The summed E-state index contributed by atoms with van der Waals surface area (Å²) in [5.74, 6) is 0. The van der Waals surface area contributed by atoms with Crippen molar-refractivity contribution in [2.75, 3.05) is 26.4 Å². The first-order chi connectivity index (χ1) is 15.1. The molecule has 0 atom stereocenters. The molecule has 0 fully saturated rings. The summed E-state index contributed by atoms with van der Waals surface area (Å²) in [7, 11) is 0. The first-order valence-electron chi connectivity index (χ1n) is 13.0. The fourth-order valence-electron chi connectivity index (χ4n) is 2.97. The van der Waals surface area contributed by atoms with Gasteiger partial charge in [-0.05, 0) is 53.1 Å². The summed E-state index contributed by atoms with van der Waals surface area (Å²) in [6, 6.07) is 8.16. The monoisotopic (exact) mass is 466 g/mol. The van der Waals surface area contributed by atoms with Gasteiger partial charge in [-0.25, -0.2) is 0 Å². The molecule has 1 rings (SSSR count). The van der Waals surface area contributed by atoms with E-state index in [1.807, 2.05) is 12.1 Å². The van der Waals surface area contributed by atoms with Crippen molar-refractivity contribution in [3.8, 4) is 0 Å². The van der Waals surface area contributed by atoms with Crippen molar-refractivity contribution < 1.29 is 14.6 Å². The lowest BCUT2D eigenvalue weighted by molar-refractivity contribution is 0.0390. The van der Waals surface area contributed by atoms with Gasteiger partial charge < -0.3 is 14.6 Å². The molecule has 0 heterocycles. The second kappa shape index (κ2) is 18.4. The summed E-state index contributed by atoms with van der Waals surface area (Å²) in [6.07, 6.45) is 5.93. The van der Waals surface area contributed by atoms with E-state index in [2.05, 4.69) is 88.3 Å². The molecule has 1 aromatic carbocycles. The predicted molar refractivity (Wildman–Crippen MR) is 146 cm³/mol. The van der Waals surface area contributed by atoms with E-state index in [1.165, 1.54) is 18.4 Å². The van der Waals surface area contributed by atoms with Gasteiger partial charge in [0, 0.05) is 13.2 Å². The molecule has 3 heteroatoms. The molecule has 0 aromatic heterocycles. The largest absolute Gasteiger partial charge is 0.392 e. The van der Waals surface area contributed by atoms with Crippen LogP contribution in [0.1, 0.15) is 113 Å². The number of aliphatic hydroxyl groups is 1. The Kier molecular flexibility index (Phi) is 19.1. The van der Waals surface area contributed by atoms with Crippen LogP contribution < -0.4 is 0 Å². The highest BCUT2D eigenvalue weighted by Gasteiger charge is 2.11. The maximum atomic E-state index is 8.86. The lowest BCUT2D eigenvalue weighted by atomic mass is 9.88. The van der Waals surface area contributed by atoms with Crippen LogP contribution in [0.2, 0.25) is 0 Å². The Bertz CT molecular complexity index is 542. The molecule has 1 N–H and O–H groups in total. The van der Waals surface area contributed by atoms with Crippen LogP contribution in [0.15, 0.2) is 24.3 Å². The molecular formula is C30H58O3. The number of ether oxygens (including phenoxy) is 2. The van der Waals surface area contributed by atoms with Crippen LogP contribution in [0, 0.1) is 16.2 Å². The summed E-state index contributed by atoms with van der Waals surface area (Å²) in [5, 5.41) is 8.86. The normalized spacial score (nSPS) is 11.9. The zero-order valence-electron chi connectivity index (χ0n) is 24.1. The minimum absolute atomic E-state index is 0.135. The lowest BCUT2D eigenvalue weighted by Crippen LogP contribution is -2.12. The van der Waals surface area contributed by atoms with Gasteiger partial charge in [-0.3, -0.25) is 0 Å². The highest BCUT2D eigenvalue weighted by Crippen LogP contribution is 2.21. The van der Waals surface area contributed by atoms with Crippen molar-refractivity contribution in [3.05, 3.63) is 35.4 Å². The molecule has 0 radical (unpaired) electrons. The Morgan fingerprint density at radius 3 is 1.36 bits per heavy atom. The van der Waals surface area contributed by atoms with Crippen molar-refractivity contribution in [1.82, 2.24) is 0 Å². The van der Waals surface area contributed by atoms with E-state index in [0.29, 0.717) is 16.2 Å². The van der Waals surface area contributed by atoms with Crippen molar-refractivity contribution in [2.45, 2.75) is 115 Å². The first kappa shape index (κ1) is 34.3. The van der Waals surface area contributed by atoms with Crippen LogP contribution in [0.3, 0.4) is 0 Å². The second-order valence-corrected chi connectivity index (χ2v) is 12.6. The van der Waals surface area contributed by atoms with Crippen LogP contribution in [0.5, 0.6) is 0 Å². The van der Waals surface area contributed by atoms with Crippen molar-refractivity contribution in [1.29, 1.82) is 0 Å². The maximum Gasteiger partial charge on any atom is 0.0700 e. The third-order valence-electron chi connectivity index (χ3n) is 4.66. The smallest absolute Gasteiger partial charge is 0.0700 e. The van der Waals surface area contributed by atoms with Gasteiger partial charge in [-0.15, -0.1) is 0 Å². The minimum atomic E-state index is 0.135. The Balaban J connectivity index is 0. The molecular weight excluding hydrogens is 408 g/mol. The van der Waals surface area contributed by atoms with Crippen LogP contribution in [0.25, 0.3) is 0 Å². The summed E-state index contributed by atoms with van der Waals surface area (Å²) in [5.41, 5.74) is 3.59. The average molecular weight is 467 g/mol. The van der Waals surface area contributed by atoms with Crippen LogP contribution in [0.4, 0.5) is 0 Å². The van der Waals surface area contributed by atoms with Gasteiger partial charge in [0.15, 0.2) is 0 Å². The van der Waals surface area contributed by atoms with E-state index in [-0.39, 0.29) is 6.61 Å². The summed E-state index contributed by atoms with van der Waals surface area (Å²) in [6.45, 7) is 27.8. The molecule has 196 valence electrons. The van der Waals surface area contributed by atoms with Crippen molar-refractivity contribution in [2.24, 2.45) is 16.2 Å². The molecule has 33 heavy (non-hydrogen) atoms. The zero-order chi connectivity index (χ0) is 26.0. The summed E-state index contributed by atoms with van der Waals surface area (Å²) >= 11 is 0. The van der Waals surface area contributed by atoms with Crippen LogP contribution in [-0.4, -0.2) is 31.5 Å². The number of hydrogen-bond acceptors (Lipinski definition) is 3. The Labute approximate surface area is 207 Å². The van der Waals surface area contributed by atoms with Crippen molar-refractivity contribution >= 4 is 0 Å². The topological polar surface area (TPSA) is 38.7 Å². The van der Waals surface area contributed by atoms with E-state index in [1.54, 1.807) is 0 Å². The second-order valence-electron chi connectivity index (χ2n) is 12.6. The van der Waals surface area contributed by atoms with Gasteiger partial charge in [0.1, 0.15) is 0 Å². The molecule has 0 aliphatic carbocycles. The quantitative estimate of drug-likeness (QED) is 0.351. The Morgan fingerprint density at radius 1 is 0.576 bits per heavy atom. The van der Waals surface area contributed by atoms with Gasteiger partial charge in [0.25, 0.3) is 0 Å². The third kappa shape index (κ3) is 29.1. The molecule has 0 aliphatic heterocycles. The molecule has 0 saturated carbocycles. The summed E-state index contributed by atoms with van der Waals surface area (Å²) in [4.78, 5) is 0. The maximum absolute atomic E-state index is 8.86. The molecule has 1 aromatic rings. The van der Waals surface area contributed by atoms with Gasteiger partial charge in [0.2, 0.25) is 0 Å². The molecule has 3 nitrogen and oxygen atoms in total. The Morgan fingerprint density at radius 2 is 1.03 bits per heavy atom. The lowest BCUT2D eigenvalue weighted by Gasteiger charge is -2.18.